The number of carbonyl (C=O) groups excluding carboxylic acids is 3. The van der Waals surface area contributed by atoms with Gasteiger partial charge in [-0.3, -0.25) is 9.59 Å². The van der Waals surface area contributed by atoms with E-state index in [1.807, 2.05) is 58.9 Å². The molecule has 4 atom stereocenters. The predicted octanol–water partition coefficient (Wildman–Crippen LogP) is 2.13. The maximum absolute atomic E-state index is 13.4. The maximum atomic E-state index is 13.4. The molecule has 4 N–H and O–H groups in total. The number of rotatable bonds is 6. The summed E-state index contributed by atoms with van der Waals surface area (Å²) in [5.41, 5.74) is 1.96. The summed E-state index contributed by atoms with van der Waals surface area (Å²) in [5, 5.41) is 18.4. The Hall–Kier alpha value is -3.40. The molecule has 2 aromatic rings. The lowest BCUT2D eigenvalue weighted by atomic mass is 9.85. The zero-order valence-corrected chi connectivity index (χ0v) is 21.1. The van der Waals surface area contributed by atoms with Gasteiger partial charge in [-0.2, -0.15) is 0 Å². The van der Waals surface area contributed by atoms with Crippen LogP contribution in [0, 0.1) is 12.3 Å². The highest BCUT2D eigenvalue weighted by Gasteiger charge is 2.44. The van der Waals surface area contributed by atoms with Gasteiger partial charge in [0.2, 0.25) is 11.8 Å². The van der Waals surface area contributed by atoms with Gasteiger partial charge in [0.1, 0.15) is 12.1 Å². The molecule has 10 heteroatoms. The zero-order valence-electron chi connectivity index (χ0n) is 21.1. The van der Waals surface area contributed by atoms with Crippen molar-refractivity contribution in [1.82, 2.24) is 25.8 Å². The first-order valence-corrected chi connectivity index (χ1v) is 11.7. The number of hydrogen-bond acceptors (Lipinski definition) is 6. The normalized spacial score (nSPS) is 19.7. The summed E-state index contributed by atoms with van der Waals surface area (Å²) in [4.78, 5) is 44.0. The predicted molar refractivity (Wildman–Crippen MR) is 130 cm³/mol. The number of oxazole rings is 1. The number of nitrogens with zero attached hydrogens (tertiary/aromatic N) is 2. The molecule has 3 rings (SSSR count). The minimum Gasteiger partial charge on any atom is -0.443 e. The van der Waals surface area contributed by atoms with Gasteiger partial charge in [0.25, 0.3) is 0 Å². The smallest absolute Gasteiger partial charge is 0.315 e. The molecule has 1 saturated heterocycles. The summed E-state index contributed by atoms with van der Waals surface area (Å²) in [6.07, 6.45) is 0.707. The number of nitrogens with one attached hydrogen (secondary N) is 3. The Morgan fingerprint density at radius 3 is 2.37 bits per heavy atom. The van der Waals surface area contributed by atoms with E-state index in [2.05, 4.69) is 20.9 Å². The molecule has 1 aromatic heterocycles. The molecule has 0 bridgehead atoms. The summed E-state index contributed by atoms with van der Waals surface area (Å²) >= 11 is 0. The van der Waals surface area contributed by atoms with Crippen LogP contribution in [0.25, 0.3) is 11.3 Å². The second-order valence-corrected chi connectivity index (χ2v) is 10.0. The number of hydrogen-bond donors (Lipinski definition) is 4. The molecule has 1 aliphatic rings. The number of aliphatic hydroxyl groups is 1. The first kappa shape index (κ1) is 26.2. The van der Waals surface area contributed by atoms with E-state index in [0.717, 1.165) is 16.8 Å². The van der Waals surface area contributed by atoms with Crippen molar-refractivity contribution in [1.29, 1.82) is 0 Å². The maximum Gasteiger partial charge on any atom is 0.315 e. The Kier molecular flexibility index (Phi) is 7.84. The zero-order chi connectivity index (χ0) is 25.9. The number of amides is 4. The van der Waals surface area contributed by atoms with E-state index in [0.29, 0.717) is 5.76 Å². The summed E-state index contributed by atoms with van der Waals surface area (Å²) in [6, 6.07) is 5.08. The summed E-state index contributed by atoms with van der Waals surface area (Å²) < 4.78 is 5.43. The van der Waals surface area contributed by atoms with Crippen molar-refractivity contribution in [3.8, 4) is 11.3 Å². The first-order chi connectivity index (χ1) is 16.4. The van der Waals surface area contributed by atoms with Crippen molar-refractivity contribution in [3.63, 3.8) is 0 Å². The van der Waals surface area contributed by atoms with E-state index < -0.39 is 35.5 Å². The second kappa shape index (κ2) is 10.5. The van der Waals surface area contributed by atoms with Crippen molar-refractivity contribution >= 4 is 17.8 Å². The molecule has 0 saturated carbocycles. The molecule has 4 amide bonds. The monoisotopic (exact) mass is 485 g/mol. The molecule has 1 aliphatic heterocycles. The Morgan fingerprint density at radius 2 is 1.83 bits per heavy atom. The van der Waals surface area contributed by atoms with Crippen LogP contribution in [0.4, 0.5) is 4.79 Å². The minimum atomic E-state index is -0.868. The molecule has 4 unspecified atom stereocenters. The Morgan fingerprint density at radius 1 is 1.17 bits per heavy atom. The molecule has 35 heavy (non-hydrogen) atoms. The highest BCUT2D eigenvalue weighted by Crippen LogP contribution is 2.28. The lowest BCUT2D eigenvalue weighted by Crippen LogP contribution is -2.59. The van der Waals surface area contributed by atoms with Gasteiger partial charge in [-0.1, -0.05) is 45.0 Å². The van der Waals surface area contributed by atoms with Crippen molar-refractivity contribution in [2.75, 3.05) is 13.6 Å². The van der Waals surface area contributed by atoms with Crippen molar-refractivity contribution in [2.45, 2.75) is 65.3 Å². The van der Waals surface area contributed by atoms with E-state index in [1.54, 1.807) is 0 Å². The van der Waals surface area contributed by atoms with Crippen LogP contribution in [0.15, 0.2) is 35.1 Å². The standard InChI is InChI=1S/C25H35N5O5/c1-14(16-7-9-17(10-8-16)20-15(2)27-13-35-20)28-22(32)19-11-18(31)12-30(19)23(33)21(25(3,4)5)29-24(34)26-6/h7-10,13-14,18-19,21,31H,11-12H2,1-6H3,(H,28,32)(H2,26,29,34). The fourth-order valence-corrected chi connectivity index (χ4v) is 4.22. The van der Waals surface area contributed by atoms with Gasteiger partial charge in [0.15, 0.2) is 12.2 Å². The van der Waals surface area contributed by atoms with Gasteiger partial charge in [0.05, 0.1) is 17.8 Å². The quantitative estimate of drug-likeness (QED) is 0.495. The van der Waals surface area contributed by atoms with Crippen LogP contribution in [0.5, 0.6) is 0 Å². The Bertz CT molecular complexity index is 1060. The molecule has 1 fully saturated rings. The lowest BCUT2D eigenvalue weighted by molar-refractivity contribution is -0.142. The average molecular weight is 486 g/mol. The molecule has 10 nitrogen and oxygen atoms in total. The van der Waals surface area contributed by atoms with Crippen LogP contribution < -0.4 is 16.0 Å². The van der Waals surface area contributed by atoms with Gasteiger partial charge in [0, 0.05) is 25.6 Å². The fourth-order valence-electron chi connectivity index (χ4n) is 4.22. The van der Waals surface area contributed by atoms with E-state index in [-0.39, 0.29) is 24.9 Å². The molecule has 0 spiro atoms. The largest absolute Gasteiger partial charge is 0.443 e. The van der Waals surface area contributed by atoms with Crippen molar-refractivity contribution < 1.29 is 23.9 Å². The molecule has 0 aliphatic carbocycles. The average Bonchev–Trinajstić information content (AvgIpc) is 3.41. The summed E-state index contributed by atoms with van der Waals surface area (Å²) in [5.74, 6) is -0.0662. The first-order valence-electron chi connectivity index (χ1n) is 11.7. The number of carbonyl (C=O) groups is 3. The van der Waals surface area contributed by atoms with E-state index in [9.17, 15) is 19.5 Å². The third kappa shape index (κ3) is 6.00. The topological polar surface area (TPSA) is 137 Å². The SMILES string of the molecule is CNC(=O)NC(C(=O)N1CC(O)CC1C(=O)NC(C)c1ccc(-c2ocnc2C)cc1)C(C)(C)C. The van der Waals surface area contributed by atoms with Crippen LogP contribution in [-0.2, 0) is 9.59 Å². The van der Waals surface area contributed by atoms with Crippen LogP contribution in [0.1, 0.15) is 51.4 Å². The number of aromatic nitrogens is 1. The number of likely N-dealkylation sites (tertiary alicyclic amines) is 1. The van der Waals surface area contributed by atoms with Gasteiger partial charge < -0.3 is 30.4 Å². The van der Waals surface area contributed by atoms with E-state index in [4.69, 9.17) is 4.42 Å². The van der Waals surface area contributed by atoms with E-state index >= 15 is 0 Å². The number of β-amino-alcohol motifs (C(OH)–C–C–N with tert-alkyl or cyclic N) is 1. The molecule has 190 valence electrons. The van der Waals surface area contributed by atoms with Gasteiger partial charge in [-0.25, -0.2) is 9.78 Å². The van der Waals surface area contributed by atoms with Gasteiger partial charge >= 0.3 is 6.03 Å². The number of aryl methyl sites for hydroxylation is 1. The van der Waals surface area contributed by atoms with Crippen LogP contribution in [0.2, 0.25) is 0 Å². The molecule has 1 aromatic carbocycles. The Balaban J connectivity index is 1.73. The van der Waals surface area contributed by atoms with Crippen LogP contribution in [0.3, 0.4) is 0 Å². The third-order valence-corrected chi connectivity index (χ3v) is 6.26. The molecule has 0 radical (unpaired) electrons. The number of aliphatic hydroxyl groups excluding tert-OH is 1. The van der Waals surface area contributed by atoms with Gasteiger partial charge in [-0.05, 0) is 24.8 Å². The second-order valence-electron chi connectivity index (χ2n) is 10.0. The summed E-state index contributed by atoms with van der Waals surface area (Å²) in [7, 11) is 1.47. The number of urea groups is 1. The van der Waals surface area contributed by atoms with Crippen molar-refractivity contribution in [3.05, 3.63) is 41.9 Å². The highest BCUT2D eigenvalue weighted by molar-refractivity contribution is 5.93. The molecule has 2 heterocycles. The third-order valence-electron chi connectivity index (χ3n) is 6.26. The fraction of sp³-hybridized carbons (Fsp3) is 0.520. The van der Waals surface area contributed by atoms with E-state index in [1.165, 1.54) is 18.3 Å². The van der Waals surface area contributed by atoms with Crippen molar-refractivity contribution in [2.24, 2.45) is 5.41 Å². The minimum absolute atomic E-state index is 0.0263. The van der Waals surface area contributed by atoms with Crippen LogP contribution in [-0.4, -0.2) is 64.6 Å². The summed E-state index contributed by atoms with van der Waals surface area (Å²) in [6.45, 7) is 9.25. The lowest BCUT2D eigenvalue weighted by Gasteiger charge is -2.35. The van der Waals surface area contributed by atoms with Gasteiger partial charge in [-0.15, -0.1) is 0 Å². The van der Waals surface area contributed by atoms with Crippen LogP contribution >= 0.6 is 0 Å². The number of benzene rings is 1. The molecular weight excluding hydrogens is 450 g/mol. The molecular formula is C25H35N5O5. The highest BCUT2D eigenvalue weighted by atomic mass is 16.3. The Labute approximate surface area is 205 Å².